The van der Waals surface area contributed by atoms with Crippen LogP contribution in [0.2, 0.25) is 0 Å². The minimum Gasteiger partial charge on any atom is -0.527 e. The molecule has 0 aromatic heterocycles. The van der Waals surface area contributed by atoms with Gasteiger partial charge in [-0.2, -0.15) is 0 Å². The summed E-state index contributed by atoms with van der Waals surface area (Å²) in [5, 5.41) is 2.52. The van der Waals surface area contributed by atoms with Gasteiger partial charge in [0.2, 0.25) is 0 Å². The third kappa shape index (κ3) is 2.25. The highest BCUT2D eigenvalue weighted by atomic mass is 16.7. The average molecular weight is 146 g/mol. The standard InChI is InChI=1S/C7H15NO2/c1-7(2,3)10(5)6(9)8-4/h1-5H3/p+1. The Morgan fingerprint density at radius 2 is 1.80 bits per heavy atom. The van der Waals surface area contributed by atoms with Crippen LogP contribution in [0.15, 0.2) is 0 Å². The topological polar surface area (TPSA) is 31.8 Å². The van der Waals surface area contributed by atoms with Gasteiger partial charge < -0.3 is 4.37 Å². The number of rotatable bonds is 0. The molecule has 0 saturated carbocycles. The lowest BCUT2D eigenvalue weighted by atomic mass is 10.2. The molecule has 0 aliphatic heterocycles. The Labute approximate surface area is 62.1 Å². The molecule has 0 rings (SSSR count). The van der Waals surface area contributed by atoms with Gasteiger partial charge in [-0.05, 0) is 20.8 Å². The van der Waals surface area contributed by atoms with Crippen molar-refractivity contribution in [2.45, 2.75) is 26.4 Å². The van der Waals surface area contributed by atoms with E-state index in [9.17, 15) is 4.79 Å². The van der Waals surface area contributed by atoms with Crippen molar-refractivity contribution < 1.29 is 9.16 Å². The van der Waals surface area contributed by atoms with E-state index in [-0.39, 0.29) is 11.7 Å². The Bertz CT molecular complexity index is 126. The van der Waals surface area contributed by atoms with Gasteiger partial charge in [0.15, 0.2) is 0 Å². The third-order valence-corrected chi connectivity index (χ3v) is 1.40. The second kappa shape index (κ2) is 2.90. The minimum atomic E-state index is -0.180. The molecule has 10 heavy (non-hydrogen) atoms. The van der Waals surface area contributed by atoms with E-state index in [4.69, 9.17) is 0 Å². The lowest BCUT2D eigenvalue weighted by molar-refractivity contribution is -0.121. The summed E-state index contributed by atoms with van der Waals surface area (Å²) < 4.78 is 2.45. The maximum Gasteiger partial charge on any atom is 0.628 e. The van der Waals surface area contributed by atoms with Gasteiger partial charge in [0.05, 0.1) is 4.79 Å². The molecule has 0 unspecified atom stereocenters. The van der Waals surface area contributed by atoms with Crippen LogP contribution in [0.4, 0.5) is 4.79 Å². The molecule has 60 valence electrons. The van der Waals surface area contributed by atoms with Crippen molar-refractivity contribution in [2.24, 2.45) is 0 Å². The van der Waals surface area contributed by atoms with Gasteiger partial charge >= 0.3 is 6.09 Å². The van der Waals surface area contributed by atoms with E-state index in [1.165, 1.54) is 0 Å². The largest absolute Gasteiger partial charge is 0.628 e. The van der Waals surface area contributed by atoms with Gasteiger partial charge in [0, 0.05) is 7.05 Å². The number of alkyl carbamates (subject to hydrolysis) is 2. The number of nitrogens with one attached hydrogen (secondary N) is 1. The molecule has 0 spiro atoms. The first-order valence-corrected chi connectivity index (χ1v) is 3.27. The van der Waals surface area contributed by atoms with E-state index in [1.807, 2.05) is 20.8 Å². The van der Waals surface area contributed by atoms with Gasteiger partial charge in [-0.3, -0.25) is 5.32 Å². The zero-order valence-electron chi connectivity index (χ0n) is 7.32. The highest BCUT2D eigenvalue weighted by Crippen LogP contribution is 2.14. The highest BCUT2D eigenvalue weighted by Gasteiger charge is 2.27. The second-order valence-corrected chi connectivity index (χ2v) is 3.16. The fourth-order valence-corrected chi connectivity index (χ4v) is 0.431. The molecular formula is C7H16NO2+. The van der Waals surface area contributed by atoms with Crippen molar-refractivity contribution in [2.75, 3.05) is 14.2 Å². The van der Waals surface area contributed by atoms with Crippen LogP contribution in [0.25, 0.3) is 0 Å². The number of carbonyl (C=O) groups is 1. The summed E-state index contributed by atoms with van der Waals surface area (Å²) in [7, 11) is 3.30. The highest BCUT2D eigenvalue weighted by molar-refractivity contribution is 5.68. The molecule has 0 radical (unpaired) electrons. The van der Waals surface area contributed by atoms with Crippen molar-refractivity contribution in [1.29, 1.82) is 0 Å². The number of hydrogen-bond acceptors (Lipinski definition) is 1. The first-order chi connectivity index (χ1) is 4.39. The lowest BCUT2D eigenvalue weighted by Crippen LogP contribution is -2.40. The predicted octanol–water partition coefficient (Wildman–Crippen LogP) is 1.31. The summed E-state index contributed by atoms with van der Waals surface area (Å²) in [5.41, 5.74) is -0.180. The van der Waals surface area contributed by atoms with Crippen LogP contribution in [-0.2, 0) is 4.37 Å². The first kappa shape index (κ1) is 9.27. The van der Waals surface area contributed by atoms with E-state index in [0.717, 1.165) is 0 Å². The lowest BCUT2D eigenvalue weighted by Gasteiger charge is -2.30. The number of amides is 1. The third-order valence-electron chi connectivity index (χ3n) is 1.40. The van der Waals surface area contributed by atoms with Gasteiger partial charge in [0.1, 0.15) is 12.7 Å². The van der Waals surface area contributed by atoms with Crippen LogP contribution in [0.1, 0.15) is 20.8 Å². The van der Waals surface area contributed by atoms with Gasteiger partial charge in [-0.1, -0.05) is 0 Å². The smallest absolute Gasteiger partial charge is 0.527 e. The van der Waals surface area contributed by atoms with E-state index in [2.05, 4.69) is 9.68 Å². The number of hydrogen-bond donors (Lipinski definition) is 1. The molecule has 0 aliphatic carbocycles. The number of carbonyl (C=O) groups excluding carboxylic acids is 1. The fraction of sp³-hybridized carbons (Fsp3) is 0.857. The molecule has 0 atom stereocenters. The van der Waals surface area contributed by atoms with Crippen LogP contribution >= 0.6 is 0 Å². The van der Waals surface area contributed by atoms with Crippen molar-refractivity contribution in [3.63, 3.8) is 0 Å². The summed E-state index contributed by atoms with van der Waals surface area (Å²) in [6.07, 6.45) is -0.132. The normalized spacial score (nSPS) is 10.9. The van der Waals surface area contributed by atoms with Gasteiger partial charge in [-0.25, -0.2) is 0 Å². The molecule has 1 amide bonds. The van der Waals surface area contributed by atoms with Crippen molar-refractivity contribution >= 4 is 6.09 Å². The Morgan fingerprint density at radius 1 is 1.40 bits per heavy atom. The average Bonchev–Trinajstić information content (AvgIpc) is 1.83. The fourth-order valence-electron chi connectivity index (χ4n) is 0.431. The summed E-state index contributed by atoms with van der Waals surface area (Å²) in [5.74, 6) is 0. The zero-order valence-corrected chi connectivity index (χ0v) is 7.32. The zero-order chi connectivity index (χ0) is 8.36. The molecule has 0 aromatic carbocycles. The van der Waals surface area contributed by atoms with Gasteiger partial charge in [-0.15, -0.1) is 0 Å². The van der Waals surface area contributed by atoms with E-state index in [1.54, 1.807) is 14.2 Å². The Hall–Kier alpha value is -0.730. The van der Waals surface area contributed by atoms with Crippen molar-refractivity contribution in [3.8, 4) is 0 Å². The molecular weight excluding hydrogens is 130 g/mol. The summed E-state index contributed by atoms with van der Waals surface area (Å²) in [6.45, 7) is 5.85. The molecule has 3 nitrogen and oxygen atoms in total. The summed E-state index contributed by atoms with van der Waals surface area (Å²) in [4.78, 5) is 10.9. The van der Waals surface area contributed by atoms with Crippen LogP contribution in [0.3, 0.4) is 0 Å². The molecule has 3 heteroatoms. The van der Waals surface area contributed by atoms with Crippen LogP contribution in [-0.4, -0.2) is 25.9 Å². The van der Waals surface area contributed by atoms with E-state index < -0.39 is 0 Å². The monoisotopic (exact) mass is 146 g/mol. The molecule has 0 fully saturated rings. The molecule has 0 bridgehead atoms. The molecule has 1 N–H and O–H groups in total. The molecule has 0 aromatic rings. The quantitative estimate of drug-likeness (QED) is 0.513. The van der Waals surface area contributed by atoms with Crippen LogP contribution in [0.5, 0.6) is 0 Å². The summed E-state index contributed by atoms with van der Waals surface area (Å²) in [6, 6.07) is 0. The predicted molar refractivity (Wildman–Crippen MR) is 41.2 cm³/mol. The van der Waals surface area contributed by atoms with E-state index in [0.29, 0.717) is 0 Å². The van der Waals surface area contributed by atoms with Gasteiger partial charge in [0.25, 0.3) is 0 Å². The van der Waals surface area contributed by atoms with Crippen molar-refractivity contribution in [1.82, 2.24) is 5.32 Å². The Kier molecular flexibility index (Phi) is 2.69. The maximum absolute atomic E-state index is 10.9. The minimum absolute atomic E-state index is 0.132. The molecule has 0 saturated heterocycles. The molecule has 0 heterocycles. The maximum atomic E-state index is 10.9. The van der Waals surface area contributed by atoms with Crippen LogP contribution < -0.4 is 5.32 Å². The first-order valence-electron chi connectivity index (χ1n) is 3.27. The SMILES string of the molecule is CNC(=O)[O+](C)C(C)(C)C. The second-order valence-electron chi connectivity index (χ2n) is 3.16. The van der Waals surface area contributed by atoms with Crippen molar-refractivity contribution in [3.05, 3.63) is 0 Å². The summed E-state index contributed by atoms with van der Waals surface area (Å²) >= 11 is 0. The van der Waals surface area contributed by atoms with E-state index >= 15 is 0 Å². The Balaban J connectivity index is 4.08. The van der Waals surface area contributed by atoms with Crippen LogP contribution in [0, 0.1) is 0 Å². The molecule has 0 aliphatic rings. The Morgan fingerprint density at radius 3 is 1.90 bits per heavy atom.